The molecule has 0 amide bonds. The molecule has 0 atom stereocenters. The maximum atomic E-state index is 12.0. The van der Waals surface area contributed by atoms with Gasteiger partial charge in [0.05, 0.1) is 17.6 Å². The number of non-ortho nitro benzene ring substituents is 1. The van der Waals surface area contributed by atoms with Gasteiger partial charge in [0, 0.05) is 17.7 Å². The van der Waals surface area contributed by atoms with Gasteiger partial charge in [-0.05, 0) is 35.9 Å². The van der Waals surface area contributed by atoms with Crippen molar-refractivity contribution in [3.63, 3.8) is 0 Å². The van der Waals surface area contributed by atoms with Gasteiger partial charge in [0.15, 0.2) is 5.70 Å². The molecule has 0 saturated carbocycles. The van der Waals surface area contributed by atoms with Crippen LogP contribution in [-0.4, -0.2) is 29.9 Å². The monoisotopic (exact) mass is 352 g/mol. The summed E-state index contributed by atoms with van der Waals surface area (Å²) in [6, 6.07) is 11.9. The fraction of sp³-hybridized carbons (Fsp3) is 0.0556. The molecule has 0 aliphatic carbocycles. The standard InChI is InChI=1S/C18H12N2O6/c1-25-17(21)13-4-2-11(3-5-13)10-15-18(22)26-16(19-15)12-6-8-14(9-7-12)20(23)24/h2-10H,1H3/b15-10+. The molecule has 3 rings (SSSR count). The second-order valence-electron chi connectivity index (χ2n) is 5.25. The molecule has 8 heteroatoms. The fourth-order valence-electron chi connectivity index (χ4n) is 2.25. The Bertz CT molecular complexity index is 943. The number of rotatable bonds is 4. The number of nitrogens with zero attached hydrogens (tertiary/aromatic N) is 2. The first-order valence-corrected chi connectivity index (χ1v) is 7.43. The highest BCUT2D eigenvalue weighted by atomic mass is 16.6. The Morgan fingerprint density at radius 3 is 2.38 bits per heavy atom. The van der Waals surface area contributed by atoms with Crippen molar-refractivity contribution in [3.05, 3.63) is 81.0 Å². The van der Waals surface area contributed by atoms with Gasteiger partial charge in [-0.1, -0.05) is 12.1 Å². The Morgan fingerprint density at radius 1 is 1.15 bits per heavy atom. The number of nitro benzene ring substituents is 1. The molecule has 2 aromatic rings. The average molecular weight is 352 g/mol. The summed E-state index contributed by atoms with van der Waals surface area (Å²) in [6.45, 7) is 0. The SMILES string of the molecule is COC(=O)c1ccc(/C=C2/N=C(c3ccc([N+](=O)[O-])cc3)OC2=O)cc1. The molecule has 0 radical (unpaired) electrons. The van der Waals surface area contributed by atoms with Crippen molar-refractivity contribution >= 4 is 29.6 Å². The van der Waals surface area contributed by atoms with E-state index in [0.717, 1.165) is 0 Å². The molecular weight excluding hydrogens is 340 g/mol. The van der Waals surface area contributed by atoms with Crippen LogP contribution < -0.4 is 0 Å². The van der Waals surface area contributed by atoms with Crippen LogP contribution in [0, 0.1) is 10.1 Å². The van der Waals surface area contributed by atoms with Gasteiger partial charge >= 0.3 is 11.9 Å². The van der Waals surface area contributed by atoms with Crippen molar-refractivity contribution in [1.29, 1.82) is 0 Å². The van der Waals surface area contributed by atoms with Crippen LogP contribution in [0.25, 0.3) is 6.08 Å². The highest BCUT2D eigenvalue weighted by Crippen LogP contribution is 2.21. The Balaban J connectivity index is 1.84. The highest BCUT2D eigenvalue weighted by molar-refractivity contribution is 6.12. The molecule has 1 heterocycles. The van der Waals surface area contributed by atoms with Gasteiger partial charge in [-0.3, -0.25) is 10.1 Å². The van der Waals surface area contributed by atoms with E-state index in [1.165, 1.54) is 37.5 Å². The van der Waals surface area contributed by atoms with E-state index in [0.29, 0.717) is 16.7 Å². The van der Waals surface area contributed by atoms with Crippen LogP contribution in [0.5, 0.6) is 0 Å². The summed E-state index contributed by atoms with van der Waals surface area (Å²) in [4.78, 5) is 37.7. The lowest BCUT2D eigenvalue weighted by Crippen LogP contribution is -2.05. The van der Waals surface area contributed by atoms with E-state index in [1.54, 1.807) is 24.3 Å². The molecule has 1 aliphatic heterocycles. The van der Waals surface area contributed by atoms with E-state index in [1.807, 2.05) is 0 Å². The molecule has 0 unspecified atom stereocenters. The largest absolute Gasteiger partial charge is 0.465 e. The van der Waals surface area contributed by atoms with E-state index in [9.17, 15) is 19.7 Å². The Labute approximate surface area is 147 Å². The number of benzene rings is 2. The fourth-order valence-corrected chi connectivity index (χ4v) is 2.25. The number of ether oxygens (including phenoxy) is 2. The topological polar surface area (TPSA) is 108 Å². The maximum absolute atomic E-state index is 12.0. The third-order valence-corrected chi connectivity index (χ3v) is 3.58. The van der Waals surface area contributed by atoms with Crippen LogP contribution >= 0.6 is 0 Å². The number of cyclic esters (lactones) is 1. The molecule has 0 saturated heterocycles. The minimum atomic E-state index is -0.629. The van der Waals surface area contributed by atoms with Crippen LogP contribution in [0.1, 0.15) is 21.5 Å². The summed E-state index contributed by atoms with van der Waals surface area (Å²) in [5, 5.41) is 10.7. The minimum Gasteiger partial charge on any atom is -0.465 e. The summed E-state index contributed by atoms with van der Waals surface area (Å²) in [6.07, 6.45) is 1.52. The predicted octanol–water partition coefficient (Wildman–Crippen LogP) is 2.73. The van der Waals surface area contributed by atoms with Gasteiger partial charge in [0.1, 0.15) is 0 Å². The van der Waals surface area contributed by atoms with E-state index < -0.39 is 16.9 Å². The van der Waals surface area contributed by atoms with E-state index >= 15 is 0 Å². The lowest BCUT2D eigenvalue weighted by atomic mass is 10.1. The lowest BCUT2D eigenvalue weighted by Gasteiger charge is -1.99. The van der Waals surface area contributed by atoms with Gasteiger partial charge in [0.2, 0.25) is 5.90 Å². The third-order valence-electron chi connectivity index (χ3n) is 3.58. The molecule has 1 aliphatic rings. The zero-order valence-corrected chi connectivity index (χ0v) is 13.5. The van der Waals surface area contributed by atoms with Crippen molar-refractivity contribution < 1.29 is 24.0 Å². The number of hydrogen-bond donors (Lipinski definition) is 0. The zero-order valence-electron chi connectivity index (χ0n) is 13.5. The number of methoxy groups -OCH3 is 1. The number of carbonyl (C=O) groups excluding carboxylic acids is 2. The molecule has 0 spiro atoms. The van der Waals surface area contributed by atoms with Crippen molar-refractivity contribution in [2.75, 3.05) is 7.11 Å². The molecule has 0 fully saturated rings. The summed E-state index contributed by atoms with van der Waals surface area (Å²) in [7, 11) is 1.29. The van der Waals surface area contributed by atoms with Crippen molar-refractivity contribution in [2.24, 2.45) is 4.99 Å². The number of aliphatic imine (C=N–C) groups is 1. The van der Waals surface area contributed by atoms with Gasteiger partial charge in [-0.15, -0.1) is 0 Å². The van der Waals surface area contributed by atoms with Crippen LogP contribution in [0.3, 0.4) is 0 Å². The van der Waals surface area contributed by atoms with Gasteiger partial charge < -0.3 is 9.47 Å². The number of hydrogen-bond acceptors (Lipinski definition) is 7. The van der Waals surface area contributed by atoms with E-state index in [4.69, 9.17) is 4.74 Å². The van der Waals surface area contributed by atoms with Crippen LogP contribution in [-0.2, 0) is 14.3 Å². The van der Waals surface area contributed by atoms with Crippen molar-refractivity contribution in [1.82, 2.24) is 0 Å². The molecule has 0 aromatic heterocycles. The predicted molar refractivity (Wildman–Crippen MR) is 91.5 cm³/mol. The van der Waals surface area contributed by atoms with Gasteiger partial charge in [-0.2, -0.15) is 0 Å². The number of nitro groups is 1. The molecule has 2 aromatic carbocycles. The molecule has 0 N–H and O–H groups in total. The molecule has 0 bridgehead atoms. The summed E-state index contributed by atoms with van der Waals surface area (Å²) < 4.78 is 9.73. The Morgan fingerprint density at radius 2 is 1.81 bits per heavy atom. The quantitative estimate of drug-likeness (QED) is 0.362. The zero-order chi connectivity index (χ0) is 18.7. The lowest BCUT2D eigenvalue weighted by molar-refractivity contribution is -0.384. The normalized spacial score (nSPS) is 14.7. The molecular formula is C18H12N2O6. The number of esters is 2. The minimum absolute atomic E-state index is 0.0693. The first-order chi connectivity index (χ1) is 12.5. The second-order valence-corrected chi connectivity index (χ2v) is 5.25. The highest BCUT2D eigenvalue weighted by Gasteiger charge is 2.24. The first kappa shape index (κ1) is 17.0. The summed E-state index contributed by atoms with van der Waals surface area (Å²) >= 11 is 0. The number of carbonyl (C=O) groups is 2. The molecule has 26 heavy (non-hydrogen) atoms. The summed E-state index contributed by atoms with van der Waals surface area (Å²) in [5.74, 6) is -1.01. The van der Waals surface area contributed by atoms with Crippen LogP contribution in [0.15, 0.2) is 59.2 Å². The smallest absolute Gasteiger partial charge is 0.363 e. The van der Waals surface area contributed by atoms with Crippen molar-refractivity contribution in [3.8, 4) is 0 Å². The summed E-state index contributed by atoms with van der Waals surface area (Å²) in [5.41, 5.74) is 1.51. The van der Waals surface area contributed by atoms with Crippen molar-refractivity contribution in [2.45, 2.75) is 0 Å². The maximum Gasteiger partial charge on any atom is 0.363 e. The Kier molecular flexibility index (Phi) is 4.57. The molecule has 130 valence electrons. The second kappa shape index (κ2) is 6.98. The average Bonchev–Trinajstić information content (AvgIpc) is 3.02. The third kappa shape index (κ3) is 3.48. The first-order valence-electron chi connectivity index (χ1n) is 7.43. The van der Waals surface area contributed by atoms with Crippen LogP contribution in [0.2, 0.25) is 0 Å². The Hall–Kier alpha value is -3.81. The van der Waals surface area contributed by atoms with E-state index in [2.05, 4.69) is 9.73 Å². The van der Waals surface area contributed by atoms with Gasteiger partial charge in [0.25, 0.3) is 5.69 Å². The van der Waals surface area contributed by atoms with Crippen LogP contribution in [0.4, 0.5) is 5.69 Å². The molecule has 8 nitrogen and oxygen atoms in total. The van der Waals surface area contributed by atoms with Gasteiger partial charge in [-0.25, -0.2) is 14.6 Å². The van der Waals surface area contributed by atoms with E-state index in [-0.39, 0.29) is 17.3 Å².